The second kappa shape index (κ2) is 5.65. The third-order valence-corrected chi connectivity index (χ3v) is 3.99. The number of hydrogen-bond donors (Lipinski definition) is 1. The normalized spacial score (nSPS) is 17.3. The van der Waals surface area contributed by atoms with Crippen LogP contribution in [-0.2, 0) is 16.1 Å². The highest BCUT2D eigenvalue weighted by Gasteiger charge is 2.29. The number of nitrogens with one attached hydrogen (secondary N) is 1. The van der Waals surface area contributed by atoms with Crippen molar-refractivity contribution >= 4 is 21.9 Å². The van der Waals surface area contributed by atoms with E-state index in [0.717, 1.165) is 23.1 Å². The molecule has 4 heteroatoms. The molecule has 0 spiro atoms. The van der Waals surface area contributed by atoms with Crippen molar-refractivity contribution in [2.75, 3.05) is 13.1 Å². The van der Waals surface area contributed by atoms with Crippen LogP contribution in [0.1, 0.15) is 12.5 Å². The van der Waals surface area contributed by atoms with Crippen molar-refractivity contribution < 1.29 is 9.53 Å². The van der Waals surface area contributed by atoms with E-state index in [1.54, 1.807) is 0 Å². The average Bonchev–Trinajstić information content (AvgIpc) is 2.25. The molecule has 3 nitrogen and oxygen atoms in total. The van der Waals surface area contributed by atoms with Gasteiger partial charge in [0.1, 0.15) is 6.61 Å². The highest BCUT2D eigenvalue weighted by atomic mass is 79.9. The largest absolute Gasteiger partial charge is 0.461 e. The second-order valence-electron chi connectivity index (χ2n) is 4.41. The minimum absolute atomic E-state index is 0.0151. The number of rotatable bonds is 4. The first kappa shape index (κ1) is 12.6. The van der Waals surface area contributed by atoms with Crippen molar-refractivity contribution in [3.05, 3.63) is 34.3 Å². The molecule has 0 amide bonds. The summed E-state index contributed by atoms with van der Waals surface area (Å²) in [5, 5.41) is 3.16. The molecule has 1 atom stereocenters. The van der Waals surface area contributed by atoms with E-state index in [4.69, 9.17) is 4.74 Å². The van der Waals surface area contributed by atoms with Crippen LogP contribution in [0.15, 0.2) is 28.7 Å². The molecule has 1 aromatic rings. The van der Waals surface area contributed by atoms with Crippen LogP contribution in [-0.4, -0.2) is 19.1 Å². The summed E-state index contributed by atoms with van der Waals surface area (Å²) in [6.07, 6.45) is 0. The van der Waals surface area contributed by atoms with Crippen LogP contribution >= 0.6 is 15.9 Å². The maximum Gasteiger partial charge on any atom is 0.309 e. The molecule has 1 aromatic carbocycles. The Morgan fingerprint density at radius 2 is 2.24 bits per heavy atom. The monoisotopic (exact) mass is 297 g/mol. The summed E-state index contributed by atoms with van der Waals surface area (Å²) in [5.74, 6) is 0.313. The van der Waals surface area contributed by atoms with Gasteiger partial charge in [-0.2, -0.15) is 0 Å². The number of halogens is 1. The number of carbonyl (C=O) groups is 1. The standard InChI is InChI=1S/C13H16BrNO2/c1-9(11-6-15-7-11)13(16)17-8-10-4-2-3-5-12(10)14/h2-5,9,11,15H,6-8H2,1H3. The van der Waals surface area contributed by atoms with Gasteiger partial charge in [-0.05, 0) is 25.1 Å². The third kappa shape index (κ3) is 3.07. The molecule has 1 unspecified atom stereocenters. The molecule has 0 bridgehead atoms. The number of hydrogen-bond acceptors (Lipinski definition) is 3. The molecule has 0 radical (unpaired) electrons. The zero-order chi connectivity index (χ0) is 12.3. The molecule has 1 fully saturated rings. The first-order valence-corrected chi connectivity index (χ1v) is 6.58. The van der Waals surface area contributed by atoms with Gasteiger partial charge in [0.15, 0.2) is 0 Å². The van der Waals surface area contributed by atoms with E-state index < -0.39 is 0 Å². The Hall–Kier alpha value is -0.870. The maximum atomic E-state index is 11.8. The van der Waals surface area contributed by atoms with Crippen LogP contribution in [0.5, 0.6) is 0 Å². The van der Waals surface area contributed by atoms with Gasteiger partial charge in [0.2, 0.25) is 0 Å². The van der Waals surface area contributed by atoms with Crippen molar-refractivity contribution in [1.82, 2.24) is 5.32 Å². The Morgan fingerprint density at radius 3 is 2.82 bits per heavy atom. The van der Waals surface area contributed by atoms with Crippen LogP contribution in [0.3, 0.4) is 0 Å². The molecule has 17 heavy (non-hydrogen) atoms. The van der Waals surface area contributed by atoms with Gasteiger partial charge >= 0.3 is 5.97 Å². The third-order valence-electron chi connectivity index (χ3n) is 3.22. The van der Waals surface area contributed by atoms with Gasteiger partial charge in [-0.25, -0.2) is 0 Å². The van der Waals surface area contributed by atoms with Crippen molar-refractivity contribution in [2.24, 2.45) is 11.8 Å². The predicted octanol–water partition coefficient (Wildman–Crippen LogP) is 2.35. The second-order valence-corrected chi connectivity index (χ2v) is 5.26. The first-order chi connectivity index (χ1) is 8.18. The van der Waals surface area contributed by atoms with E-state index in [2.05, 4.69) is 21.2 Å². The van der Waals surface area contributed by atoms with Crippen LogP contribution in [0.25, 0.3) is 0 Å². The van der Waals surface area contributed by atoms with Crippen LogP contribution in [0.2, 0.25) is 0 Å². The summed E-state index contributed by atoms with van der Waals surface area (Å²) in [7, 11) is 0. The smallest absolute Gasteiger partial charge is 0.309 e. The Kier molecular flexibility index (Phi) is 4.18. The fraction of sp³-hybridized carbons (Fsp3) is 0.462. The summed E-state index contributed by atoms with van der Waals surface area (Å²) < 4.78 is 6.31. The van der Waals surface area contributed by atoms with Gasteiger partial charge in [0, 0.05) is 10.0 Å². The lowest BCUT2D eigenvalue weighted by Crippen LogP contribution is -2.47. The summed E-state index contributed by atoms with van der Waals surface area (Å²) in [6.45, 7) is 4.12. The minimum atomic E-state index is -0.104. The summed E-state index contributed by atoms with van der Waals surface area (Å²) in [4.78, 5) is 11.8. The minimum Gasteiger partial charge on any atom is -0.461 e. The molecular weight excluding hydrogens is 282 g/mol. The van der Waals surface area contributed by atoms with Crippen molar-refractivity contribution in [1.29, 1.82) is 0 Å². The molecule has 92 valence electrons. The highest BCUT2D eigenvalue weighted by molar-refractivity contribution is 9.10. The Bertz CT molecular complexity index is 404. The van der Waals surface area contributed by atoms with E-state index >= 15 is 0 Å². The number of benzene rings is 1. The molecule has 0 saturated carbocycles. The van der Waals surface area contributed by atoms with E-state index in [1.807, 2.05) is 31.2 Å². The molecule has 1 heterocycles. The topological polar surface area (TPSA) is 38.3 Å². The lowest BCUT2D eigenvalue weighted by molar-refractivity contribution is -0.151. The van der Waals surface area contributed by atoms with E-state index in [1.165, 1.54) is 0 Å². The van der Waals surface area contributed by atoms with Crippen molar-refractivity contribution in [2.45, 2.75) is 13.5 Å². The first-order valence-electron chi connectivity index (χ1n) is 5.79. The molecule has 2 rings (SSSR count). The fourth-order valence-corrected chi connectivity index (χ4v) is 2.15. The molecule has 1 N–H and O–H groups in total. The van der Waals surface area contributed by atoms with Crippen LogP contribution in [0, 0.1) is 11.8 Å². The maximum absolute atomic E-state index is 11.8. The SMILES string of the molecule is CC(C(=O)OCc1ccccc1Br)C1CNC1. The Morgan fingerprint density at radius 1 is 1.53 bits per heavy atom. The Labute approximate surface area is 110 Å². The zero-order valence-electron chi connectivity index (χ0n) is 9.78. The van der Waals surface area contributed by atoms with Crippen molar-refractivity contribution in [3.63, 3.8) is 0 Å². The molecule has 0 aromatic heterocycles. The lowest BCUT2D eigenvalue weighted by Gasteiger charge is -2.31. The van der Waals surface area contributed by atoms with E-state index in [0.29, 0.717) is 12.5 Å². The molecule has 1 saturated heterocycles. The van der Waals surface area contributed by atoms with Crippen LogP contribution in [0.4, 0.5) is 0 Å². The summed E-state index contributed by atoms with van der Waals surface area (Å²) in [6, 6.07) is 7.78. The molecule has 0 aliphatic carbocycles. The number of esters is 1. The molecule has 1 aliphatic heterocycles. The lowest BCUT2D eigenvalue weighted by atomic mass is 9.89. The highest BCUT2D eigenvalue weighted by Crippen LogP contribution is 2.20. The summed E-state index contributed by atoms with van der Waals surface area (Å²) >= 11 is 3.44. The zero-order valence-corrected chi connectivity index (χ0v) is 11.4. The van der Waals surface area contributed by atoms with Crippen molar-refractivity contribution in [3.8, 4) is 0 Å². The average molecular weight is 298 g/mol. The van der Waals surface area contributed by atoms with Gasteiger partial charge in [-0.3, -0.25) is 4.79 Å². The number of ether oxygens (including phenoxy) is 1. The molecule has 1 aliphatic rings. The van der Waals surface area contributed by atoms with Gasteiger partial charge in [0.25, 0.3) is 0 Å². The Balaban J connectivity index is 1.85. The van der Waals surface area contributed by atoms with E-state index in [-0.39, 0.29) is 11.9 Å². The summed E-state index contributed by atoms with van der Waals surface area (Å²) in [5.41, 5.74) is 1.000. The predicted molar refractivity (Wildman–Crippen MR) is 69.5 cm³/mol. The molecular formula is C13H16BrNO2. The van der Waals surface area contributed by atoms with Gasteiger partial charge in [-0.15, -0.1) is 0 Å². The van der Waals surface area contributed by atoms with Gasteiger partial charge < -0.3 is 10.1 Å². The quantitative estimate of drug-likeness (QED) is 0.867. The van der Waals surface area contributed by atoms with Gasteiger partial charge in [0.05, 0.1) is 5.92 Å². The van der Waals surface area contributed by atoms with E-state index in [9.17, 15) is 4.79 Å². The fourth-order valence-electron chi connectivity index (χ4n) is 1.75. The van der Waals surface area contributed by atoms with Crippen LogP contribution < -0.4 is 5.32 Å². The number of carbonyl (C=O) groups excluding carboxylic acids is 1. The van der Waals surface area contributed by atoms with Gasteiger partial charge in [-0.1, -0.05) is 41.1 Å².